The minimum atomic E-state index is -2.89. The summed E-state index contributed by atoms with van der Waals surface area (Å²) in [5.74, 6) is -2.89. The van der Waals surface area contributed by atoms with Crippen molar-refractivity contribution in [3.8, 4) is 6.07 Å². The lowest BCUT2D eigenvalue weighted by Gasteiger charge is -2.43. The van der Waals surface area contributed by atoms with Gasteiger partial charge in [0.25, 0.3) is 5.92 Å². The summed E-state index contributed by atoms with van der Waals surface area (Å²) < 4.78 is 28.0. The van der Waals surface area contributed by atoms with Crippen molar-refractivity contribution in [2.24, 2.45) is 0 Å². The number of hydrogen-bond donors (Lipinski definition) is 1. The molecule has 3 aliphatic rings. The van der Waals surface area contributed by atoms with Gasteiger partial charge in [-0.05, 0) is 49.6 Å². The largest absolute Gasteiger partial charge is 0.379 e. The second kappa shape index (κ2) is 20.0. The smallest absolute Gasteiger partial charge is 0.268 e. The number of piperazine rings is 1. The van der Waals surface area contributed by atoms with Crippen LogP contribution in [0.25, 0.3) is 16.6 Å². The number of nitriles is 1. The first-order valence-electron chi connectivity index (χ1n) is 19.4. The summed E-state index contributed by atoms with van der Waals surface area (Å²) >= 11 is 0. The van der Waals surface area contributed by atoms with Gasteiger partial charge in [-0.25, -0.2) is 8.78 Å². The van der Waals surface area contributed by atoms with Crippen molar-refractivity contribution in [3.05, 3.63) is 111 Å². The van der Waals surface area contributed by atoms with E-state index in [4.69, 9.17) is 0 Å². The molecule has 12 heteroatoms. The average Bonchev–Trinajstić information content (AvgIpc) is 3.49. The van der Waals surface area contributed by atoms with Gasteiger partial charge in [-0.1, -0.05) is 44.0 Å². The fourth-order valence-electron chi connectivity index (χ4n) is 7.90. The summed E-state index contributed by atoms with van der Waals surface area (Å²) in [6, 6.07) is 9.41. The number of pyridine rings is 1. The number of nitrogens with one attached hydrogen (secondary N) is 1. The number of hydrogen-bond acceptors (Lipinski definition) is 10. The predicted molar refractivity (Wildman–Crippen MR) is 221 cm³/mol. The molecule has 10 nitrogen and oxygen atoms in total. The summed E-state index contributed by atoms with van der Waals surface area (Å²) in [6.07, 6.45) is 10.4. The van der Waals surface area contributed by atoms with E-state index in [1.807, 2.05) is 30.4 Å². The molecule has 3 aliphatic heterocycles. The van der Waals surface area contributed by atoms with E-state index < -0.39 is 24.9 Å². The van der Waals surface area contributed by atoms with Crippen molar-refractivity contribution in [2.75, 3.05) is 98.7 Å². The molecule has 1 aromatic heterocycles. The molecule has 0 saturated carbocycles. The van der Waals surface area contributed by atoms with E-state index >= 15 is 0 Å². The molecule has 55 heavy (non-hydrogen) atoms. The predicted octanol–water partition coefficient (Wildman–Crippen LogP) is 5.61. The van der Waals surface area contributed by atoms with E-state index in [9.17, 15) is 14.0 Å². The molecule has 2 aromatic rings. The van der Waals surface area contributed by atoms with Gasteiger partial charge in [0.15, 0.2) is 0 Å². The molecule has 0 radical (unpaired) electrons. The lowest BCUT2D eigenvalue weighted by atomic mass is 10.0. The van der Waals surface area contributed by atoms with Crippen LogP contribution in [0.5, 0.6) is 0 Å². The fourth-order valence-corrected chi connectivity index (χ4v) is 7.90. The zero-order chi connectivity index (χ0) is 39.4. The van der Waals surface area contributed by atoms with E-state index in [0.29, 0.717) is 11.4 Å². The third kappa shape index (κ3) is 11.8. The van der Waals surface area contributed by atoms with E-state index in [2.05, 4.69) is 97.4 Å². The van der Waals surface area contributed by atoms with Gasteiger partial charge >= 0.3 is 0 Å². The third-order valence-electron chi connectivity index (χ3n) is 10.6. The fraction of sp³-hybridized carbons (Fsp3) is 0.488. The van der Waals surface area contributed by atoms with Crippen LogP contribution in [0.1, 0.15) is 30.4 Å². The highest BCUT2D eigenvalue weighted by Gasteiger charge is 2.45. The van der Waals surface area contributed by atoms with Crippen LogP contribution in [-0.2, 0) is 6.42 Å². The first-order chi connectivity index (χ1) is 26.5. The Labute approximate surface area is 327 Å². The second-order valence-electron chi connectivity index (χ2n) is 15.1. The van der Waals surface area contributed by atoms with Crippen molar-refractivity contribution in [1.29, 1.82) is 5.26 Å². The van der Waals surface area contributed by atoms with E-state index in [1.54, 1.807) is 6.20 Å². The Kier molecular flexibility index (Phi) is 15.2. The molecule has 1 N–H and O–H groups in total. The molecular weight excluding hydrogens is 695 g/mol. The molecule has 1 aromatic carbocycles. The number of alkyl halides is 2. The highest BCUT2D eigenvalue weighted by Crippen LogP contribution is 2.34. The number of aryl methyl sites for hydroxylation is 1. The highest BCUT2D eigenvalue weighted by molar-refractivity contribution is 5.91. The molecule has 0 amide bonds. The molecule has 3 fully saturated rings. The van der Waals surface area contributed by atoms with Gasteiger partial charge in [0.1, 0.15) is 6.04 Å². The molecule has 0 bridgehead atoms. The van der Waals surface area contributed by atoms with E-state index in [1.165, 1.54) is 16.2 Å². The van der Waals surface area contributed by atoms with Crippen molar-refractivity contribution in [1.82, 2.24) is 44.6 Å². The maximum Gasteiger partial charge on any atom is 0.268 e. The number of benzene rings is 1. The molecule has 0 spiro atoms. The first-order valence-corrected chi connectivity index (χ1v) is 19.4. The van der Waals surface area contributed by atoms with Crippen molar-refractivity contribution in [2.45, 2.75) is 37.6 Å². The lowest BCUT2D eigenvalue weighted by molar-refractivity contribution is -0.0151. The highest BCUT2D eigenvalue weighted by atomic mass is 19.3. The van der Waals surface area contributed by atoms with Crippen molar-refractivity contribution >= 4 is 16.6 Å². The Hall–Kier alpha value is -4.38. The third-order valence-corrected chi connectivity index (χ3v) is 10.6. The van der Waals surface area contributed by atoms with Crippen LogP contribution < -0.4 is 5.32 Å². The number of halogens is 2. The Morgan fingerprint density at radius 1 is 0.855 bits per heavy atom. The monoisotopic (exact) mass is 754 g/mol. The average molecular weight is 755 g/mol. The number of nitrogens with zero attached hydrogens (tertiary/aromatic N) is 9. The van der Waals surface area contributed by atoms with Crippen molar-refractivity contribution < 1.29 is 8.78 Å². The minimum absolute atomic E-state index is 0.219. The quantitative estimate of drug-likeness (QED) is 0.145. The number of likely N-dealkylation sites (tertiary alicyclic amines) is 1. The van der Waals surface area contributed by atoms with Crippen LogP contribution in [0.15, 0.2) is 99.6 Å². The number of aromatic nitrogens is 1. The summed E-state index contributed by atoms with van der Waals surface area (Å²) in [6.45, 7) is 36.3. The first kappa shape index (κ1) is 41.8. The molecule has 1 unspecified atom stereocenters. The SMILES string of the molecule is C=CCN1CN(CC=C)CN(CC(=C)N2CCN(CCCCc3ccc4nccc(C(=C)NCC(=C)N5CC(F)(F)CC5C#N)c4c3)CC2)CN(CC=C)C1. The second-order valence-corrected chi connectivity index (χ2v) is 15.1. The maximum atomic E-state index is 14.0. The topological polar surface area (TPSA) is 71.4 Å². The summed E-state index contributed by atoms with van der Waals surface area (Å²) in [5.41, 5.74) is 5.31. The van der Waals surface area contributed by atoms with Crippen LogP contribution in [0, 0.1) is 11.3 Å². The van der Waals surface area contributed by atoms with Crippen LogP contribution in [0.2, 0.25) is 0 Å². The zero-order valence-electron chi connectivity index (χ0n) is 32.7. The van der Waals surface area contributed by atoms with Gasteiger partial charge in [-0.15, -0.1) is 19.7 Å². The van der Waals surface area contributed by atoms with Gasteiger partial charge in [-0.2, -0.15) is 5.26 Å². The number of rotatable bonds is 19. The summed E-state index contributed by atoms with van der Waals surface area (Å²) in [5, 5.41) is 13.6. The van der Waals surface area contributed by atoms with Crippen LogP contribution in [0.3, 0.4) is 0 Å². The number of fused-ring (bicyclic) bond motifs is 1. The van der Waals surface area contributed by atoms with Gasteiger partial charge in [0.2, 0.25) is 0 Å². The standard InChI is InChI=1S/C43H60F2N10/c1-7-17-50-31-51(18-8-2)33-53(34-52(32-50)19-9-3)29-36(5)54-23-21-49(22-24-54)20-11-10-12-38-13-14-42-41(25-38)40(15-16-47-42)37(6)48-28-35(4)55-30-43(44,45)26-39(55)27-46/h7-9,13-16,25,39,48H,1-6,10-12,17-24,26,28-34H2. The Bertz CT molecular complexity index is 1690. The molecule has 3 saturated heterocycles. The molecule has 1 atom stereocenters. The van der Waals surface area contributed by atoms with Crippen LogP contribution in [0.4, 0.5) is 8.78 Å². The zero-order valence-corrected chi connectivity index (χ0v) is 32.7. The van der Waals surface area contributed by atoms with Gasteiger partial charge in [-0.3, -0.25) is 29.5 Å². The van der Waals surface area contributed by atoms with Gasteiger partial charge in [0.05, 0.1) is 51.4 Å². The summed E-state index contributed by atoms with van der Waals surface area (Å²) in [4.78, 5) is 20.7. The van der Waals surface area contributed by atoms with E-state index in [-0.39, 0.29) is 6.54 Å². The Morgan fingerprint density at radius 2 is 1.49 bits per heavy atom. The van der Waals surface area contributed by atoms with Crippen molar-refractivity contribution in [3.63, 3.8) is 0 Å². The summed E-state index contributed by atoms with van der Waals surface area (Å²) in [7, 11) is 0. The molecule has 5 rings (SSSR count). The van der Waals surface area contributed by atoms with E-state index in [0.717, 1.165) is 121 Å². The lowest BCUT2D eigenvalue weighted by Crippen LogP contribution is -2.55. The Balaban J connectivity index is 1.06. The molecule has 0 aliphatic carbocycles. The van der Waals surface area contributed by atoms with Gasteiger partial charge < -0.3 is 15.1 Å². The minimum Gasteiger partial charge on any atom is -0.379 e. The number of unbranched alkanes of at least 4 members (excludes halogenated alkanes) is 1. The maximum absolute atomic E-state index is 14.0. The Morgan fingerprint density at radius 3 is 2.11 bits per heavy atom. The van der Waals surface area contributed by atoms with Gasteiger partial charge in [0, 0.05) is 93.0 Å². The van der Waals surface area contributed by atoms with Crippen LogP contribution in [-0.4, -0.2) is 150 Å². The molecule has 4 heterocycles. The molecular formula is C43H60F2N10. The normalized spacial score (nSPS) is 20.4. The molecule has 296 valence electrons. The van der Waals surface area contributed by atoms with Crippen LogP contribution >= 0.6 is 0 Å².